The van der Waals surface area contributed by atoms with E-state index >= 15 is 0 Å². The van der Waals surface area contributed by atoms with Crippen LogP contribution in [0.5, 0.6) is 11.5 Å². The molecule has 16 heteroatoms. The smallest absolute Gasteiger partial charge is 0.459 e. The van der Waals surface area contributed by atoms with Crippen molar-refractivity contribution in [3.8, 4) is 11.5 Å². The Morgan fingerprint density at radius 2 is 2.00 bits per heavy atom. The van der Waals surface area contributed by atoms with Gasteiger partial charge in [-0.2, -0.15) is 5.09 Å². The maximum absolute atomic E-state index is 13.6. The normalized spacial score (nSPS) is 21.4. The fourth-order valence-electron chi connectivity index (χ4n) is 3.53. The van der Waals surface area contributed by atoms with Crippen molar-refractivity contribution >= 4 is 13.7 Å². The molecule has 200 valence electrons. The lowest BCUT2D eigenvalue weighted by molar-refractivity contribution is -0.142. The highest BCUT2D eigenvalue weighted by Crippen LogP contribution is 2.46. The van der Waals surface area contributed by atoms with Crippen LogP contribution in [0.4, 0.5) is 0 Å². The molecule has 1 fully saturated rings. The van der Waals surface area contributed by atoms with Gasteiger partial charge in [0.2, 0.25) is 0 Å². The van der Waals surface area contributed by atoms with Crippen LogP contribution in [0, 0.1) is 6.92 Å². The second-order valence-corrected chi connectivity index (χ2v) is 9.74. The first kappa shape index (κ1) is 28.0. The van der Waals surface area contributed by atoms with Crippen molar-refractivity contribution in [2.45, 2.75) is 44.7 Å². The number of carbonyl (C=O) groups is 1. The van der Waals surface area contributed by atoms with Crippen molar-refractivity contribution in [3.05, 3.63) is 67.3 Å². The van der Waals surface area contributed by atoms with Gasteiger partial charge >= 0.3 is 19.4 Å². The summed E-state index contributed by atoms with van der Waals surface area (Å²) in [5.74, 6) is -0.0192. The molecule has 37 heavy (non-hydrogen) atoms. The van der Waals surface area contributed by atoms with E-state index in [0.717, 1.165) is 0 Å². The van der Waals surface area contributed by atoms with E-state index in [1.54, 1.807) is 12.1 Å². The number of aromatic amines is 1. The van der Waals surface area contributed by atoms with Crippen molar-refractivity contribution in [1.29, 1.82) is 0 Å². The first-order chi connectivity index (χ1) is 17.6. The van der Waals surface area contributed by atoms with Gasteiger partial charge in [-0.3, -0.25) is 23.7 Å². The third-order valence-electron chi connectivity index (χ3n) is 5.46. The van der Waals surface area contributed by atoms with Crippen LogP contribution in [0.15, 0.2) is 45.2 Å². The predicted octanol–water partition coefficient (Wildman–Crippen LogP) is 2.17. The van der Waals surface area contributed by atoms with E-state index in [-0.39, 0.29) is 17.7 Å². The molecule has 1 aromatic heterocycles. The molecule has 0 amide bonds. The van der Waals surface area contributed by atoms with E-state index in [9.17, 15) is 18.9 Å². The summed E-state index contributed by atoms with van der Waals surface area (Å²) in [7, 11) is -1.56. The number of nitrogens with zero attached hydrogens (tertiary/aromatic N) is 4. The molecule has 0 bridgehead atoms. The molecule has 2 N–H and O–H groups in total. The minimum absolute atomic E-state index is 0.0824. The SMILES string of the molecule is COC(=O)[C@H](C)NP(=O)(OC[C@H]1O[C@@H](n2cc(C)c(=O)[nH]c2=O)C[C@@H]1N=[N+]=[N-])Oc1ccc(OC)cc1. The molecule has 1 aliphatic heterocycles. The topological polar surface area (TPSA) is 196 Å². The number of H-pyrrole nitrogens is 1. The number of hydrogen-bond donors (Lipinski definition) is 2. The van der Waals surface area contributed by atoms with Crippen LogP contribution < -0.4 is 25.6 Å². The molecule has 0 radical (unpaired) electrons. The first-order valence-electron chi connectivity index (χ1n) is 11.0. The Bertz CT molecular complexity index is 1320. The Hall–Kier alpha value is -3.61. The van der Waals surface area contributed by atoms with E-state index < -0.39 is 56.0 Å². The minimum atomic E-state index is -4.22. The van der Waals surface area contributed by atoms with E-state index in [2.05, 4.69) is 24.8 Å². The highest BCUT2D eigenvalue weighted by molar-refractivity contribution is 7.52. The number of aromatic nitrogens is 2. The molecular formula is C21H27N6O9P. The van der Waals surface area contributed by atoms with Gasteiger partial charge in [0.05, 0.1) is 33.0 Å². The molecule has 0 spiro atoms. The summed E-state index contributed by atoms with van der Waals surface area (Å²) in [6.45, 7) is 2.54. The largest absolute Gasteiger partial charge is 0.497 e. The van der Waals surface area contributed by atoms with E-state index in [1.807, 2.05) is 0 Å². The molecule has 15 nitrogen and oxygen atoms in total. The quantitative estimate of drug-likeness (QED) is 0.141. The van der Waals surface area contributed by atoms with Gasteiger partial charge in [0.25, 0.3) is 5.56 Å². The number of methoxy groups -OCH3 is 2. The number of esters is 1. The second kappa shape index (κ2) is 12.1. The number of carbonyl (C=O) groups excluding carboxylic acids is 1. The van der Waals surface area contributed by atoms with Crippen molar-refractivity contribution in [1.82, 2.24) is 14.6 Å². The molecule has 2 heterocycles. The Morgan fingerprint density at radius 1 is 1.32 bits per heavy atom. The van der Waals surface area contributed by atoms with Crippen LogP contribution in [-0.2, 0) is 23.4 Å². The summed E-state index contributed by atoms with van der Waals surface area (Å²) in [5.41, 5.74) is 8.04. The lowest BCUT2D eigenvalue weighted by Crippen LogP contribution is -2.36. The summed E-state index contributed by atoms with van der Waals surface area (Å²) in [6.07, 6.45) is -0.419. The van der Waals surface area contributed by atoms with Crippen molar-refractivity contribution < 1.29 is 32.6 Å². The fraction of sp³-hybridized carbons (Fsp3) is 0.476. The Balaban J connectivity index is 1.82. The number of benzene rings is 1. The van der Waals surface area contributed by atoms with E-state index in [4.69, 9.17) is 24.1 Å². The molecule has 1 unspecified atom stereocenters. The van der Waals surface area contributed by atoms with Gasteiger partial charge in [-0.05, 0) is 43.6 Å². The number of nitrogens with one attached hydrogen (secondary N) is 2. The predicted molar refractivity (Wildman–Crippen MR) is 129 cm³/mol. The summed E-state index contributed by atoms with van der Waals surface area (Å²) < 4.78 is 41.6. The van der Waals surface area contributed by atoms with E-state index in [0.29, 0.717) is 5.75 Å². The van der Waals surface area contributed by atoms with Crippen molar-refractivity contribution in [2.75, 3.05) is 20.8 Å². The van der Waals surface area contributed by atoms with Crippen LogP contribution in [-0.4, -0.2) is 54.5 Å². The molecule has 0 aliphatic carbocycles. The molecule has 1 saturated heterocycles. The first-order valence-corrected chi connectivity index (χ1v) is 12.6. The third kappa shape index (κ3) is 7.00. The van der Waals surface area contributed by atoms with Gasteiger partial charge in [0, 0.05) is 23.1 Å². The van der Waals surface area contributed by atoms with Crippen LogP contribution >= 0.6 is 7.75 Å². The van der Waals surface area contributed by atoms with Crippen LogP contribution in [0.2, 0.25) is 0 Å². The number of aryl methyl sites for hydroxylation is 1. The van der Waals surface area contributed by atoms with Crippen LogP contribution in [0.1, 0.15) is 25.1 Å². The van der Waals surface area contributed by atoms with Crippen molar-refractivity contribution in [3.63, 3.8) is 0 Å². The van der Waals surface area contributed by atoms with Crippen LogP contribution in [0.3, 0.4) is 0 Å². The molecular weight excluding hydrogens is 511 g/mol. The summed E-state index contributed by atoms with van der Waals surface area (Å²) in [5, 5.41) is 6.21. The Kier molecular flexibility index (Phi) is 9.14. The molecule has 2 aromatic rings. The summed E-state index contributed by atoms with van der Waals surface area (Å²) >= 11 is 0. The van der Waals surface area contributed by atoms with Gasteiger partial charge in [-0.25, -0.2) is 9.36 Å². The highest BCUT2D eigenvalue weighted by Gasteiger charge is 2.40. The lowest BCUT2D eigenvalue weighted by atomic mass is 10.1. The number of azide groups is 1. The number of hydrogen-bond acceptors (Lipinski definition) is 10. The molecule has 1 aromatic carbocycles. The average molecular weight is 538 g/mol. The molecule has 3 rings (SSSR count). The highest BCUT2D eigenvalue weighted by atomic mass is 31.2. The maximum Gasteiger partial charge on any atom is 0.459 e. The zero-order chi connectivity index (χ0) is 27.2. The van der Waals surface area contributed by atoms with E-state index in [1.165, 1.54) is 51.0 Å². The zero-order valence-corrected chi connectivity index (χ0v) is 21.4. The minimum Gasteiger partial charge on any atom is -0.497 e. The fourth-order valence-corrected chi connectivity index (χ4v) is 5.03. The molecule has 5 atom stereocenters. The van der Waals surface area contributed by atoms with Gasteiger partial charge < -0.3 is 18.7 Å². The van der Waals surface area contributed by atoms with Crippen molar-refractivity contribution in [2.24, 2.45) is 5.11 Å². The Morgan fingerprint density at radius 3 is 2.62 bits per heavy atom. The van der Waals surface area contributed by atoms with Gasteiger partial charge in [0.1, 0.15) is 23.8 Å². The Labute approximate surface area is 210 Å². The van der Waals surface area contributed by atoms with Gasteiger partial charge in [0.15, 0.2) is 0 Å². The standard InChI is InChI=1S/C21H27N6O9P/c1-12-10-27(21(30)23-19(12)28)18-9-16(24-26-22)17(35-18)11-34-37(31,25-13(2)20(29)33-4)36-15-7-5-14(32-3)6-8-15/h5-8,10,13,16-18H,9,11H2,1-4H3,(H,25,31)(H,23,28,30)/t13-,16-,17+,18+,37?/m0/s1. The monoisotopic (exact) mass is 538 g/mol. The summed E-state index contributed by atoms with van der Waals surface area (Å²) in [4.78, 5) is 40.9. The second-order valence-electron chi connectivity index (χ2n) is 8.05. The number of ether oxygens (including phenoxy) is 3. The van der Waals surface area contributed by atoms with Gasteiger partial charge in [-0.1, -0.05) is 5.11 Å². The number of rotatable bonds is 11. The van der Waals surface area contributed by atoms with Crippen LogP contribution in [0.25, 0.3) is 10.4 Å². The lowest BCUT2D eigenvalue weighted by Gasteiger charge is -2.24. The average Bonchev–Trinajstić information content (AvgIpc) is 3.27. The van der Waals surface area contributed by atoms with Gasteiger partial charge in [-0.15, -0.1) is 0 Å². The third-order valence-corrected chi connectivity index (χ3v) is 7.10. The zero-order valence-electron chi connectivity index (χ0n) is 20.5. The molecule has 0 saturated carbocycles. The maximum atomic E-state index is 13.6. The molecule has 1 aliphatic rings. The summed E-state index contributed by atoms with van der Waals surface area (Å²) in [6, 6.07) is 4.28.